The monoisotopic (exact) mass is 238 g/mol. The summed E-state index contributed by atoms with van der Waals surface area (Å²) in [6.45, 7) is 6.03. The van der Waals surface area contributed by atoms with Gasteiger partial charge in [0.15, 0.2) is 0 Å². The van der Waals surface area contributed by atoms with E-state index in [9.17, 15) is 0 Å². The highest BCUT2D eigenvalue weighted by Crippen LogP contribution is 2.29. The van der Waals surface area contributed by atoms with Gasteiger partial charge in [0.2, 0.25) is 0 Å². The topological polar surface area (TPSA) is 19.0 Å². The third-order valence-electron chi connectivity index (χ3n) is 3.70. The van der Waals surface area contributed by atoms with Crippen molar-refractivity contribution in [1.82, 2.24) is 9.88 Å². The molecule has 1 aromatic carbocycles. The Bertz CT molecular complexity index is 619. The summed E-state index contributed by atoms with van der Waals surface area (Å²) < 4.78 is 0. The van der Waals surface area contributed by atoms with E-state index in [4.69, 9.17) is 0 Å². The van der Waals surface area contributed by atoms with E-state index in [0.717, 1.165) is 19.5 Å². The van der Waals surface area contributed by atoms with Gasteiger partial charge >= 0.3 is 0 Å². The van der Waals surface area contributed by atoms with E-state index >= 15 is 0 Å². The second-order valence-corrected chi connectivity index (χ2v) is 4.95. The predicted molar refractivity (Wildman–Crippen MR) is 78.5 cm³/mol. The number of nitrogens with one attached hydrogen (secondary N) is 1. The Morgan fingerprint density at radius 2 is 2.28 bits per heavy atom. The van der Waals surface area contributed by atoms with Gasteiger partial charge in [-0.05, 0) is 36.7 Å². The van der Waals surface area contributed by atoms with Crippen LogP contribution in [0.4, 0.5) is 0 Å². The summed E-state index contributed by atoms with van der Waals surface area (Å²) in [7, 11) is 2.17. The van der Waals surface area contributed by atoms with Crippen molar-refractivity contribution in [3.63, 3.8) is 0 Å². The summed E-state index contributed by atoms with van der Waals surface area (Å²) in [5.41, 5.74) is 5.19. The zero-order valence-corrected chi connectivity index (χ0v) is 10.7. The van der Waals surface area contributed by atoms with Crippen molar-refractivity contribution >= 4 is 22.6 Å². The predicted octanol–water partition coefficient (Wildman–Crippen LogP) is 3.53. The zero-order valence-electron chi connectivity index (χ0n) is 10.7. The number of likely N-dealkylation sites (N-methyl/N-ethyl adjacent to an activating group) is 1. The number of hydrogen-bond donors (Lipinski definition) is 1. The maximum Gasteiger partial charge on any atom is 0.0460 e. The average molecular weight is 238 g/mol. The van der Waals surface area contributed by atoms with E-state index in [1.165, 1.54) is 27.6 Å². The lowest BCUT2D eigenvalue weighted by molar-refractivity contribution is 0.370. The number of fused-ring (bicyclic) bond motifs is 1. The van der Waals surface area contributed by atoms with Crippen molar-refractivity contribution in [2.45, 2.75) is 6.42 Å². The van der Waals surface area contributed by atoms with Gasteiger partial charge < -0.3 is 9.88 Å². The van der Waals surface area contributed by atoms with Gasteiger partial charge in [-0.2, -0.15) is 0 Å². The van der Waals surface area contributed by atoms with E-state index in [1.807, 2.05) is 6.08 Å². The minimum Gasteiger partial charge on any atom is -0.361 e. The molecule has 0 fully saturated rings. The zero-order chi connectivity index (χ0) is 12.5. The van der Waals surface area contributed by atoms with Crippen molar-refractivity contribution < 1.29 is 0 Å². The summed E-state index contributed by atoms with van der Waals surface area (Å²) in [6, 6.07) is 6.44. The van der Waals surface area contributed by atoms with Crippen molar-refractivity contribution in [1.29, 1.82) is 0 Å². The summed E-state index contributed by atoms with van der Waals surface area (Å²) in [5.74, 6) is 0. The smallest absolute Gasteiger partial charge is 0.0460 e. The molecule has 92 valence electrons. The normalized spacial score (nSPS) is 16.8. The molecule has 0 aliphatic carbocycles. The molecule has 0 spiro atoms. The number of H-pyrrole nitrogens is 1. The van der Waals surface area contributed by atoms with Gasteiger partial charge in [0, 0.05) is 35.8 Å². The Balaban J connectivity index is 2.09. The van der Waals surface area contributed by atoms with Gasteiger partial charge in [-0.15, -0.1) is 0 Å². The molecule has 2 heterocycles. The lowest BCUT2D eigenvalue weighted by Crippen LogP contribution is -2.23. The Morgan fingerprint density at radius 1 is 1.39 bits per heavy atom. The molecule has 1 aromatic heterocycles. The maximum absolute atomic E-state index is 3.84. The molecular weight excluding hydrogens is 220 g/mol. The molecule has 2 nitrogen and oxygen atoms in total. The molecule has 0 saturated heterocycles. The van der Waals surface area contributed by atoms with Crippen LogP contribution < -0.4 is 0 Å². The van der Waals surface area contributed by atoms with Crippen LogP contribution in [0.3, 0.4) is 0 Å². The van der Waals surface area contributed by atoms with Crippen LogP contribution in [0.15, 0.2) is 37.1 Å². The van der Waals surface area contributed by atoms with Crippen LogP contribution in [-0.2, 0) is 0 Å². The minimum absolute atomic E-state index is 1.04. The minimum atomic E-state index is 1.04. The number of rotatable bonds is 2. The fraction of sp³-hybridized carbons (Fsp3) is 0.250. The van der Waals surface area contributed by atoms with E-state index in [-0.39, 0.29) is 0 Å². The summed E-state index contributed by atoms with van der Waals surface area (Å²) in [4.78, 5) is 5.70. The first-order chi connectivity index (χ1) is 8.78. The second-order valence-electron chi connectivity index (χ2n) is 4.95. The van der Waals surface area contributed by atoms with Gasteiger partial charge in [-0.1, -0.05) is 24.8 Å². The first-order valence-electron chi connectivity index (χ1n) is 6.39. The molecule has 1 N–H and O–H groups in total. The van der Waals surface area contributed by atoms with Crippen LogP contribution in [0, 0.1) is 0 Å². The molecule has 0 unspecified atom stereocenters. The highest BCUT2D eigenvalue weighted by atomic mass is 15.1. The molecule has 1 aliphatic rings. The average Bonchev–Trinajstić information content (AvgIpc) is 2.82. The van der Waals surface area contributed by atoms with Crippen molar-refractivity contribution in [3.8, 4) is 0 Å². The lowest BCUT2D eigenvalue weighted by atomic mass is 9.98. The molecule has 0 radical (unpaired) electrons. The largest absolute Gasteiger partial charge is 0.361 e. The molecule has 0 atom stereocenters. The fourth-order valence-corrected chi connectivity index (χ4v) is 2.55. The molecule has 0 bridgehead atoms. The van der Waals surface area contributed by atoms with Crippen LogP contribution in [-0.4, -0.2) is 30.0 Å². The van der Waals surface area contributed by atoms with Gasteiger partial charge in [-0.25, -0.2) is 0 Å². The Labute approximate surface area is 108 Å². The molecule has 0 amide bonds. The maximum atomic E-state index is 3.84. The third kappa shape index (κ3) is 1.89. The van der Waals surface area contributed by atoms with Crippen LogP contribution in [0.25, 0.3) is 22.6 Å². The Hall–Kier alpha value is -1.80. The van der Waals surface area contributed by atoms with E-state index in [2.05, 4.69) is 54.0 Å². The highest BCUT2D eigenvalue weighted by molar-refractivity contribution is 5.94. The van der Waals surface area contributed by atoms with Crippen LogP contribution in [0.2, 0.25) is 0 Å². The van der Waals surface area contributed by atoms with Crippen molar-refractivity contribution in [2.75, 3.05) is 20.1 Å². The quantitative estimate of drug-likeness (QED) is 0.848. The van der Waals surface area contributed by atoms with Crippen LogP contribution in [0.5, 0.6) is 0 Å². The van der Waals surface area contributed by atoms with Crippen molar-refractivity contribution in [3.05, 3.63) is 48.2 Å². The molecule has 18 heavy (non-hydrogen) atoms. The van der Waals surface area contributed by atoms with Gasteiger partial charge in [-0.3, -0.25) is 0 Å². The number of aromatic nitrogens is 1. The summed E-state index contributed by atoms with van der Waals surface area (Å²) >= 11 is 0. The van der Waals surface area contributed by atoms with Gasteiger partial charge in [0.05, 0.1) is 0 Å². The fourth-order valence-electron chi connectivity index (χ4n) is 2.55. The van der Waals surface area contributed by atoms with Gasteiger partial charge in [0.1, 0.15) is 0 Å². The molecule has 2 aromatic rings. The standard InChI is InChI=1S/C16H18N2/c1-3-12-4-5-16-14(10-12)15(11-17-16)13-6-8-18(2)9-7-13/h3-6,10-11,17H,1,7-9H2,2H3. The van der Waals surface area contributed by atoms with Crippen LogP contribution in [0.1, 0.15) is 17.5 Å². The van der Waals surface area contributed by atoms with Crippen molar-refractivity contribution in [2.24, 2.45) is 0 Å². The molecule has 1 aliphatic heterocycles. The van der Waals surface area contributed by atoms with E-state index in [0.29, 0.717) is 0 Å². The number of hydrogen-bond acceptors (Lipinski definition) is 1. The third-order valence-corrected chi connectivity index (χ3v) is 3.70. The molecular formula is C16H18N2. The number of benzene rings is 1. The second kappa shape index (κ2) is 4.46. The number of nitrogens with zero attached hydrogens (tertiary/aromatic N) is 1. The van der Waals surface area contributed by atoms with Crippen LogP contribution >= 0.6 is 0 Å². The summed E-state index contributed by atoms with van der Waals surface area (Å²) in [5, 5.41) is 1.31. The lowest BCUT2D eigenvalue weighted by Gasteiger charge is -2.21. The highest BCUT2D eigenvalue weighted by Gasteiger charge is 2.13. The number of aromatic amines is 1. The SMILES string of the molecule is C=Cc1ccc2[nH]cc(C3=CCN(C)CC3)c2c1. The first kappa shape index (κ1) is 11.3. The Kier molecular flexibility index (Phi) is 2.80. The van der Waals surface area contributed by atoms with E-state index in [1.54, 1.807) is 0 Å². The Morgan fingerprint density at radius 3 is 3.00 bits per heavy atom. The van der Waals surface area contributed by atoms with Gasteiger partial charge in [0.25, 0.3) is 0 Å². The van der Waals surface area contributed by atoms with E-state index < -0.39 is 0 Å². The molecule has 3 rings (SSSR count). The summed E-state index contributed by atoms with van der Waals surface area (Å²) in [6.07, 6.45) is 7.50. The molecule has 2 heteroatoms. The molecule has 0 saturated carbocycles. The first-order valence-corrected chi connectivity index (χ1v) is 6.39.